The van der Waals surface area contributed by atoms with Gasteiger partial charge in [-0.3, -0.25) is 10.1 Å². The van der Waals surface area contributed by atoms with Gasteiger partial charge in [-0.25, -0.2) is 9.78 Å². The molecule has 3 amide bonds. The maximum atomic E-state index is 12.6. The number of thiazole rings is 1. The number of carbonyl (C=O) groups is 2. The number of phenols is 1. The topological polar surface area (TPSA) is 97.8 Å². The number of phenolic OH excluding ortho intramolecular Hbond substituents is 1. The number of hydrogen-bond donors (Lipinski definition) is 3. The molecule has 0 unspecified atom stereocenters. The first-order chi connectivity index (χ1) is 14.0. The van der Waals surface area contributed by atoms with Crippen LogP contribution >= 0.6 is 11.3 Å². The summed E-state index contributed by atoms with van der Waals surface area (Å²) in [6.45, 7) is 3.18. The van der Waals surface area contributed by atoms with Gasteiger partial charge in [-0.1, -0.05) is 11.3 Å². The molecule has 0 spiro atoms. The molecule has 0 aliphatic carbocycles. The number of aromatic nitrogens is 1. The lowest BCUT2D eigenvalue weighted by Gasteiger charge is -2.32. The Morgan fingerprint density at radius 1 is 1.03 bits per heavy atom. The van der Waals surface area contributed by atoms with Crippen LogP contribution in [0.4, 0.5) is 15.6 Å². The molecule has 4 rings (SSSR count). The van der Waals surface area contributed by atoms with E-state index in [9.17, 15) is 14.7 Å². The molecule has 1 fully saturated rings. The number of likely N-dealkylation sites (N-methyl/N-ethyl adjacent to an activating group) is 1. The fourth-order valence-electron chi connectivity index (χ4n) is 3.11. The summed E-state index contributed by atoms with van der Waals surface area (Å²) >= 11 is 1.28. The Labute approximate surface area is 171 Å². The number of rotatable bonds is 3. The first-order valence-electron chi connectivity index (χ1n) is 9.23. The van der Waals surface area contributed by atoms with Gasteiger partial charge < -0.3 is 20.2 Å². The average Bonchev–Trinajstić information content (AvgIpc) is 3.09. The summed E-state index contributed by atoms with van der Waals surface area (Å²) in [6, 6.07) is 11.3. The number of urea groups is 1. The molecular weight excluding hydrogens is 390 g/mol. The Bertz CT molecular complexity index is 1040. The van der Waals surface area contributed by atoms with Gasteiger partial charge in [-0.2, -0.15) is 0 Å². The van der Waals surface area contributed by atoms with Crippen molar-refractivity contribution in [3.05, 3.63) is 48.0 Å². The molecule has 29 heavy (non-hydrogen) atoms. The lowest BCUT2D eigenvalue weighted by molar-refractivity contribution is 0.0664. The molecule has 0 atom stereocenters. The summed E-state index contributed by atoms with van der Waals surface area (Å²) in [6.07, 6.45) is 0. The van der Waals surface area contributed by atoms with Gasteiger partial charge >= 0.3 is 6.03 Å². The molecule has 1 aliphatic rings. The summed E-state index contributed by atoms with van der Waals surface area (Å²) < 4.78 is 0.784. The minimum Gasteiger partial charge on any atom is -0.508 e. The normalized spacial score (nSPS) is 14.7. The van der Waals surface area contributed by atoms with E-state index in [2.05, 4.69) is 20.5 Å². The molecule has 1 saturated heterocycles. The van der Waals surface area contributed by atoms with Gasteiger partial charge in [0.2, 0.25) is 0 Å². The Kier molecular flexibility index (Phi) is 5.32. The molecule has 2 aromatic carbocycles. The van der Waals surface area contributed by atoms with Crippen LogP contribution in [0, 0.1) is 0 Å². The summed E-state index contributed by atoms with van der Waals surface area (Å²) in [5, 5.41) is 15.4. The maximum absolute atomic E-state index is 12.6. The van der Waals surface area contributed by atoms with E-state index in [1.165, 1.54) is 11.3 Å². The molecule has 2 heterocycles. The van der Waals surface area contributed by atoms with Crippen LogP contribution in [0.2, 0.25) is 0 Å². The third-order valence-electron chi connectivity index (χ3n) is 4.77. The SMILES string of the molecule is CN1CCN(C(=O)c2ccc(NC(=O)Nc3nc4ccc(O)cc4s3)cc2)CC1. The van der Waals surface area contributed by atoms with Crippen LogP contribution < -0.4 is 10.6 Å². The van der Waals surface area contributed by atoms with Crippen molar-refractivity contribution in [3.63, 3.8) is 0 Å². The number of carbonyl (C=O) groups excluding carboxylic acids is 2. The van der Waals surface area contributed by atoms with Crippen LogP contribution in [0.5, 0.6) is 5.75 Å². The predicted octanol–water partition coefficient (Wildman–Crippen LogP) is 3.03. The molecule has 1 aromatic heterocycles. The fraction of sp³-hybridized carbons (Fsp3) is 0.250. The Balaban J connectivity index is 1.36. The summed E-state index contributed by atoms with van der Waals surface area (Å²) in [5.74, 6) is 0.162. The predicted molar refractivity (Wildman–Crippen MR) is 114 cm³/mol. The van der Waals surface area contributed by atoms with Crippen molar-refractivity contribution in [3.8, 4) is 5.75 Å². The van der Waals surface area contributed by atoms with Crippen molar-refractivity contribution in [1.82, 2.24) is 14.8 Å². The van der Waals surface area contributed by atoms with E-state index < -0.39 is 6.03 Å². The second-order valence-corrected chi connectivity index (χ2v) is 7.95. The molecule has 1 aliphatic heterocycles. The number of benzene rings is 2. The molecule has 150 valence electrons. The van der Waals surface area contributed by atoms with E-state index in [-0.39, 0.29) is 11.7 Å². The molecule has 3 N–H and O–H groups in total. The average molecular weight is 411 g/mol. The van der Waals surface area contributed by atoms with Crippen LogP contribution in [0.25, 0.3) is 10.2 Å². The second kappa shape index (κ2) is 8.06. The standard InChI is InChI=1S/C20H21N5O3S/c1-24-8-10-25(11-9-24)18(27)13-2-4-14(5-3-13)21-19(28)23-20-22-16-7-6-15(26)12-17(16)29-20/h2-7,12,26H,8-11H2,1H3,(H2,21,22,23,28). The zero-order valence-electron chi connectivity index (χ0n) is 15.9. The first kappa shape index (κ1) is 19.2. The van der Waals surface area contributed by atoms with E-state index in [0.29, 0.717) is 21.9 Å². The number of nitrogens with zero attached hydrogens (tertiary/aromatic N) is 3. The van der Waals surface area contributed by atoms with Crippen LogP contribution in [0.3, 0.4) is 0 Å². The molecule has 9 heteroatoms. The Hall–Kier alpha value is -3.17. The Morgan fingerprint density at radius 3 is 2.48 bits per heavy atom. The van der Waals surface area contributed by atoms with Crippen LogP contribution in [0.1, 0.15) is 10.4 Å². The van der Waals surface area contributed by atoms with E-state index in [4.69, 9.17) is 0 Å². The third kappa shape index (κ3) is 4.47. The van der Waals surface area contributed by atoms with Gasteiger partial charge in [0.1, 0.15) is 5.75 Å². The highest BCUT2D eigenvalue weighted by atomic mass is 32.1. The molecular formula is C20H21N5O3S. The fourth-order valence-corrected chi connectivity index (χ4v) is 4.01. The largest absolute Gasteiger partial charge is 0.508 e. The maximum Gasteiger partial charge on any atom is 0.325 e. The van der Waals surface area contributed by atoms with Crippen molar-refractivity contribution in [2.24, 2.45) is 0 Å². The zero-order chi connectivity index (χ0) is 20.4. The van der Waals surface area contributed by atoms with E-state index in [1.54, 1.807) is 42.5 Å². The smallest absolute Gasteiger partial charge is 0.325 e. The lowest BCUT2D eigenvalue weighted by Crippen LogP contribution is -2.47. The third-order valence-corrected chi connectivity index (χ3v) is 5.71. The highest BCUT2D eigenvalue weighted by Gasteiger charge is 2.20. The van der Waals surface area contributed by atoms with Crippen molar-refractivity contribution >= 4 is 44.3 Å². The van der Waals surface area contributed by atoms with Gasteiger partial charge in [-0.05, 0) is 49.5 Å². The minimum absolute atomic E-state index is 0.00632. The number of fused-ring (bicyclic) bond motifs is 1. The number of anilines is 2. The lowest BCUT2D eigenvalue weighted by atomic mass is 10.1. The second-order valence-electron chi connectivity index (χ2n) is 6.92. The van der Waals surface area contributed by atoms with Crippen molar-refractivity contribution in [2.45, 2.75) is 0 Å². The van der Waals surface area contributed by atoms with Gasteiger partial charge in [0.05, 0.1) is 10.2 Å². The monoisotopic (exact) mass is 411 g/mol. The van der Waals surface area contributed by atoms with E-state index in [1.807, 2.05) is 11.9 Å². The molecule has 0 bridgehead atoms. The van der Waals surface area contributed by atoms with Gasteiger partial charge in [0.15, 0.2) is 5.13 Å². The summed E-state index contributed by atoms with van der Waals surface area (Å²) in [5.41, 5.74) is 1.89. The highest BCUT2D eigenvalue weighted by molar-refractivity contribution is 7.22. The molecule has 8 nitrogen and oxygen atoms in total. The van der Waals surface area contributed by atoms with Gasteiger partial charge in [-0.15, -0.1) is 0 Å². The van der Waals surface area contributed by atoms with Gasteiger partial charge in [0, 0.05) is 37.4 Å². The molecule has 3 aromatic rings. The van der Waals surface area contributed by atoms with Crippen LogP contribution in [0.15, 0.2) is 42.5 Å². The minimum atomic E-state index is -0.425. The number of hydrogen-bond acceptors (Lipinski definition) is 6. The summed E-state index contributed by atoms with van der Waals surface area (Å²) in [4.78, 5) is 33.2. The van der Waals surface area contributed by atoms with Crippen molar-refractivity contribution in [2.75, 3.05) is 43.9 Å². The number of nitrogens with one attached hydrogen (secondary N) is 2. The van der Waals surface area contributed by atoms with Crippen LogP contribution in [-0.2, 0) is 0 Å². The highest BCUT2D eigenvalue weighted by Crippen LogP contribution is 2.28. The molecule has 0 radical (unpaired) electrons. The van der Waals surface area contributed by atoms with Crippen LogP contribution in [-0.4, -0.2) is 65.1 Å². The van der Waals surface area contributed by atoms with E-state index >= 15 is 0 Å². The van der Waals surface area contributed by atoms with Gasteiger partial charge in [0.25, 0.3) is 5.91 Å². The zero-order valence-corrected chi connectivity index (χ0v) is 16.7. The first-order valence-corrected chi connectivity index (χ1v) is 10.0. The van der Waals surface area contributed by atoms with E-state index in [0.717, 1.165) is 30.9 Å². The Morgan fingerprint density at radius 2 is 1.76 bits per heavy atom. The van der Waals surface area contributed by atoms with Crippen molar-refractivity contribution in [1.29, 1.82) is 0 Å². The summed E-state index contributed by atoms with van der Waals surface area (Å²) in [7, 11) is 2.05. The number of aromatic hydroxyl groups is 1. The molecule has 0 saturated carbocycles. The number of piperazine rings is 1. The van der Waals surface area contributed by atoms with Crippen molar-refractivity contribution < 1.29 is 14.7 Å². The quantitative estimate of drug-likeness (QED) is 0.615. The number of amides is 3.